The highest BCUT2D eigenvalue weighted by Crippen LogP contribution is 2.35. The highest BCUT2D eigenvalue weighted by atomic mass is 31.2. The van der Waals surface area contributed by atoms with Crippen LogP contribution in [0.4, 0.5) is 0 Å². The number of hydrogen-bond acceptors (Lipinski definition) is 4. The first kappa shape index (κ1) is 25.7. The third-order valence-corrected chi connectivity index (χ3v) is 5.10. The van der Waals surface area contributed by atoms with E-state index in [2.05, 4.69) is 11.4 Å². The van der Waals surface area contributed by atoms with Gasteiger partial charge in [-0.05, 0) is 6.42 Å². The summed E-state index contributed by atoms with van der Waals surface area (Å²) in [5, 5.41) is 0. The van der Waals surface area contributed by atoms with Crippen LogP contribution in [0.1, 0.15) is 103 Å². The molecule has 0 aromatic rings. The van der Waals surface area contributed by atoms with Crippen molar-refractivity contribution in [1.82, 2.24) is 0 Å². The summed E-state index contributed by atoms with van der Waals surface area (Å²) >= 11 is 0. The van der Waals surface area contributed by atoms with Gasteiger partial charge in [0.1, 0.15) is 0 Å². The van der Waals surface area contributed by atoms with Crippen molar-refractivity contribution in [2.45, 2.75) is 109 Å². The van der Waals surface area contributed by atoms with Crippen LogP contribution >= 0.6 is 7.82 Å². The topological polar surface area (TPSA) is 110 Å². The Hall–Kier alpha value is -0.260. The van der Waals surface area contributed by atoms with Gasteiger partial charge in [0.05, 0.1) is 12.6 Å². The summed E-state index contributed by atoms with van der Waals surface area (Å²) in [6.07, 6.45) is 17.9. The molecule has 0 spiro atoms. The molecule has 0 aromatic carbocycles. The third-order valence-electron chi connectivity index (χ3n) is 4.61. The SMILES string of the molecule is CCCCCCCCCCCCCCCCC(=O)[C@H](N)COP(=O)(O)O. The zero-order valence-electron chi connectivity index (χ0n) is 16.5. The molecule has 4 N–H and O–H groups in total. The van der Waals surface area contributed by atoms with Crippen molar-refractivity contribution < 1.29 is 23.7 Å². The maximum atomic E-state index is 11.7. The summed E-state index contributed by atoms with van der Waals surface area (Å²) in [7, 11) is -4.55. The molecule has 0 aromatic heterocycles. The first-order valence-corrected chi connectivity index (χ1v) is 11.9. The number of hydrogen-bond donors (Lipinski definition) is 3. The van der Waals surface area contributed by atoms with E-state index in [0.717, 1.165) is 19.3 Å². The average molecular weight is 394 g/mol. The number of Topliss-reactive ketones (excluding diaryl/α,β-unsaturated/α-hetero) is 1. The summed E-state index contributed by atoms with van der Waals surface area (Å²) in [4.78, 5) is 28.9. The predicted molar refractivity (Wildman–Crippen MR) is 106 cm³/mol. The Morgan fingerprint density at radius 2 is 1.23 bits per heavy atom. The van der Waals surface area contributed by atoms with E-state index in [0.29, 0.717) is 6.42 Å². The Labute approximate surface area is 159 Å². The molecule has 0 rings (SSSR count). The van der Waals surface area contributed by atoms with Gasteiger partial charge in [-0.15, -0.1) is 0 Å². The molecule has 0 aliphatic carbocycles. The molecule has 0 saturated carbocycles. The second kappa shape index (κ2) is 16.9. The van der Waals surface area contributed by atoms with Gasteiger partial charge in [-0.25, -0.2) is 4.57 Å². The van der Waals surface area contributed by atoms with Crippen LogP contribution < -0.4 is 5.73 Å². The van der Waals surface area contributed by atoms with E-state index in [1.54, 1.807) is 0 Å². The lowest BCUT2D eigenvalue weighted by Gasteiger charge is -2.11. The highest BCUT2D eigenvalue weighted by Gasteiger charge is 2.20. The van der Waals surface area contributed by atoms with Crippen molar-refractivity contribution in [1.29, 1.82) is 0 Å². The summed E-state index contributed by atoms with van der Waals surface area (Å²) < 4.78 is 14.8. The highest BCUT2D eigenvalue weighted by molar-refractivity contribution is 7.46. The van der Waals surface area contributed by atoms with Crippen molar-refractivity contribution in [2.75, 3.05) is 6.61 Å². The molecule has 0 aliphatic rings. The number of phosphoric ester groups is 1. The molecule has 0 amide bonds. The number of unbranched alkanes of at least 4 members (excludes halogenated alkanes) is 13. The van der Waals surface area contributed by atoms with Crippen molar-refractivity contribution in [3.63, 3.8) is 0 Å². The average Bonchev–Trinajstić information content (AvgIpc) is 2.59. The number of nitrogens with two attached hydrogens (primary N) is 1. The van der Waals surface area contributed by atoms with Crippen LogP contribution in [-0.2, 0) is 13.9 Å². The molecule has 7 heteroatoms. The zero-order chi connectivity index (χ0) is 19.7. The smallest absolute Gasteiger partial charge is 0.320 e. The predicted octanol–water partition coefficient (Wildman–Crippen LogP) is 4.86. The van der Waals surface area contributed by atoms with Crippen LogP contribution in [0.2, 0.25) is 0 Å². The van der Waals surface area contributed by atoms with Gasteiger partial charge in [-0.1, -0.05) is 90.4 Å². The second-order valence-electron chi connectivity index (χ2n) is 7.21. The standard InChI is InChI=1S/C19H40NO5P/c1-2-3-4-5-6-7-8-9-10-11-12-13-14-15-16-19(21)18(20)17-25-26(22,23)24/h18H,2-17,20H2,1H3,(H2,22,23,24)/t18-/m1/s1. The van der Waals surface area contributed by atoms with Gasteiger partial charge in [0, 0.05) is 6.42 Å². The molecule has 156 valence electrons. The van der Waals surface area contributed by atoms with Gasteiger partial charge in [-0.2, -0.15) is 0 Å². The van der Waals surface area contributed by atoms with Gasteiger partial charge in [0.15, 0.2) is 5.78 Å². The minimum atomic E-state index is -4.55. The summed E-state index contributed by atoms with van der Waals surface area (Å²) in [6, 6.07) is -0.954. The fraction of sp³-hybridized carbons (Fsp3) is 0.947. The molecule has 0 heterocycles. The van der Waals surface area contributed by atoms with E-state index in [-0.39, 0.29) is 5.78 Å². The molecule has 0 radical (unpaired) electrons. The van der Waals surface area contributed by atoms with E-state index >= 15 is 0 Å². The summed E-state index contributed by atoms with van der Waals surface area (Å²) in [5.41, 5.74) is 5.56. The van der Waals surface area contributed by atoms with Crippen LogP contribution in [0, 0.1) is 0 Å². The van der Waals surface area contributed by atoms with Gasteiger partial charge < -0.3 is 15.5 Å². The van der Waals surface area contributed by atoms with Gasteiger partial charge in [0.25, 0.3) is 0 Å². The molecule has 0 aliphatic heterocycles. The zero-order valence-corrected chi connectivity index (χ0v) is 17.4. The van der Waals surface area contributed by atoms with Crippen molar-refractivity contribution in [3.05, 3.63) is 0 Å². The molecular weight excluding hydrogens is 353 g/mol. The van der Waals surface area contributed by atoms with Gasteiger partial charge in [-0.3, -0.25) is 9.32 Å². The number of ketones is 1. The van der Waals surface area contributed by atoms with E-state index in [4.69, 9.17) is 15.5 Å². The maximum absolute atomic E-state index is 11.7. The van der Waals surface area contributed by atoms with Gasteiger partial charge >= 0.3 is 7.82 Å². The maximum Gasteiger partial charge on any atom is 0.469 e. The molecule has 0 fully saturated rings. The Kier molecular flexibility index (Phi) is 16.7. The number of carbonyl (C=O) groups excluding carboxylic acids is 1. The third kappa shape index (κ3) is 18.5. The van der Waals surface area contributed by atoms with Crippen LogP contribution in [-0.4, -0.2) is 28.2 Å². The number of carbonyl (C=O) groups is 1. The Morgan fingerprint density at radius 3 is 1.62 bits per heavy atom. The Bertz CT molecular complexity index is 386. The van der Waals surface area contributed by atoms with E-state index in [1.165, 1.54) is 70.6 Å². The van der Waals surface area contributed by atoms with E-state index < -0.39 is 20.5 Å². The fourth-order valence-corrected chi connectivity index (χ4v) is 3.30. The van der Waals surface area contributed by atoms with Gasteiger partial charge in [0.2, 0.25) is 0 Å². The molecule has 0 bridgehead atoms. The first-order chi connectivity index (χ1) is 12.4. The normalized spacial score (nSPS) is 13.1. The van der Waals surface area contributed by atoms with Crippen molar-refractivity contribution >= 4 is 13.6 Å². The molecule has 26 heavy (non-hydrogen) atoms. The van der Waals surface area contributed by atoms with E-state index in [9.17, 15) is 9.36 Å². The van der Waals surface area contributed by atoms with Crippen LogP contribution in [0.3, 0.4) is 0 Å². The molecule has 0 unspecified atom stereocenters. The van der Waals surface area contributed by atoms with Crippen LogP contribution in [0.15, 0.2) is 0 Å². The monoisotopic (exact) mass is 393 g/mol. The minimum Gasteiger partial charge on any atom is -0.320 e. The summed E-state index contributed by atoms with van der Waals surface area (Å²) in [6.45, 7) is 1.82. The Balaban J connectivity index is 3.32. The van der Waals surface area contributed by atoms with E-state index in [1.807, 2.05) is 0 Å². The molecule has 0 saturated heterocycles. The minimum absolute atomic E-state index is 0.197. The van der Waals surface area contributed by atoms with Crippen molar-refractivity contribution in [3.8, 4) is 0 Å². The lowest BCUT2D eigenvalue weighted by molar-refractivity contribution is -0.121. The lowest BCUT2D eigenvalue weighted by Crippen LogP contribution is -2.34. The van der Waals surface area contributed by atoms with Crippen molar-refractivity contribution in [2.24, 2.45) is 5.73 Å². The quantitative estimate of drug-likeness (QED) is 0.213. The first-order valence-electron chi connectivity index (χ1n) is 10.3. The number of rotatable bonds is 19. The molecule has 1 atom stereocenters. The number of phosphoric acid groups is 1. The molecular formula is C19H40NO5P. The fourth-order valence-electron chi connectivity index (χ4n) is 2.95. The Morgan fingerprint density at radius 1 is 0.846 bits per heavy atom. The summed E-state index contributed by atoms with van der Waals surface area (Å²) in [5.74, 6) is -0.197. The van der Waals surface area contributed by atoms with Crippen LogP contribution in [0.25, 0.3) is 0 Å². The van der Waals surface area contributed by atoms with Crippen LogP contribution in [0.5, 0.6) is 0 Å². The molecule has 6 nitrogen and oxygen atoms in total. The second-order valence-corrected chi connectivity index (χ2v) is 8.44. The lowest BCUT2D eigenvalue weighted by atomic mass is 10.0. The largest absolute Gasteiger partial charge is 0.469 e.